The summed E-state index contributed by atoms with van der Waals surface area (Å²) in [5, 5.41) is 3.75. The topological polar surface area (TPSA) is 58.5 Å². The van der Waals surface area contributed by atoms with Crippen molar-refractivity contribution >= 4 is 23.1 Å². The molecule has 0 aliphatic rings. The highest BCUT2D eigenvalue weighted by molar-refractivity contribution is 6.34. The van der Waals surface area contributed by atoms with Crippen LogP contribution in [0.25, 0.3) is 22.9 Å². The van der Waals surface area contributed by atoms with Gasteiger partial charge in [-0.3, -0.25) is 4.98 Å². The molecule has 5 rings (SSSR count). The molecule has 0 saturated carbocycles. The lowest BCUT2D eigenvalue weighted by Crippen LogP contribution is -2.37. The summed E-state index contributed by atoms with van der Waals surface area (Å²) in [4.78, 5) is 13.5. The van der Waals surface area contributed by atoms with Crippen molar-refractivity contribution in [2.75, 3.05) is 5.32 Å². The van der Waals surface area contributed by atoms with Crippen LogP contribution in [0.15, 0.2) is 110 Å². The summed E-state index contributed by atoms with van der Waals surface area (Å²) < 4.78 is 3.74. The van der Waals surface area contributed by atoms with Gasteiger partial charge in [-0.15, -0.1) is 0 Å². The van der Waals surface area contributed by atoms with Gasteiger partial charge in [0.15, 0.2) is 5.02 Å². The maximum atomic E-state index is 6.73. The molecule has 0 bridgehead atoms. The second-order valence-corrected chi connectivity index (χ2v) is 7.39. The van der Waals surface area contributed by atoms with E-state index in [0.29, 0.717) is 22.6 Å². The fourth-order valence-corrected chi connectivity index (χ4v) is 3.52. The first-order valence-electron chi connectivity index (χ1n) is 10.1. The van der Waals surface area contributed by atoms with Crippen LogP contribution >= 0.6 is 11.6 Å². The third-order valence-corrected chi connectivity index (χ3v) is 5.24. The Morgan fingerprint density at radius 3 is 2.03 bits per heavy atom. The first kappa shape index (κ1) is 19.8. The van der Waals surface area contributed by atoms with Gasteiger partial charge in [0.25, 0.3) is 0 Å². The Kier molecular flexibility index (Phi) is 5.51. The third-order valence-electron chi connectivity index (χ3n) is 4.89. The van der Waals surface area contributed by atoms with Crippen LogP contribution in [0.1, 0.15) is 0 Å². The van der Waals surface area contributed by atoms with E-state index in [1.54, 1.807) is 12.4 Å². The number of nitrogens with zero attached hydrogens (tertiary/aromatic N) is 5. The second kappa shape index (κ2) is 8.91. The average Bonchev–Trinajstić information content (AvgIpc) is 2.87. The number of halogens is 1. The highest BCUT2D eigenvalue weighted by Crippen LogP contribution is 2.26. The minimum atomic E-state index is 0.433. The van der Waals surface area contributed by atoms with Crippen LogP contribution in [0, 0.1) is 0 Å². The van der Waals surface area contributed by atoms with Gasteiger partial charge < -0.3 is 5.32 Å². The molecule has 154 valence electrons. The molecule has 0 aliphatic heterocycles. The molecule has 7 heteroatoms. The molecule has 5 aromatic rings. The van der Waals surface area contributed by atoms with Gasteiger partial charge in [0.05, 0.1) is 24.8 Å². The molecular formula is C25H19ClN6+2. The van der Waals surface area contributed by atoms with Gasteiger partial charge >= 0.3 is 11.8 Å². The second-order valence-electron chi connectivity index (χ2n) is 7.01. The molecule has 1 N–H and O–H groups in total. The Bertz CT molecular complexity index is 1330. The van der Waals surface area contributed by atoms with Crippen LogP contribution < -0.4 is 14.5 Å². The van der Waals surface area contributed by atoms with Gasteiger partial charge in [0.2, 0.25) is 5.82 Å². The first-order valence-corrected chi connectivity index (χ1v) is 10.4. The summed E-state index contributed by atoms with van der Waals surface area (Å²) in [5.74, 6) is 1.61. The maximum absolute atomic E-state index is 6.73. The van der Waals surface area contributed by atoms with E-state index in [4.69, 9.17) is 21.6 Å². The minimum absolute atomic E-state index is 0.433. The summed E-state index contributed by atoms with van der Waals surface area (Å²) in [6, 6.07) is 23.6. The fraction of sp³-hybridized carbons (Fsp3) is 0. The molecule has 0 atom stereocenters. The van der Waals surface area contributed by atoms with E-state index in [0.717, 1.165) is 16.8 Å². The molecule has 4 aromatic heterocycles. The molecule has 32 heavy (non-hydrogen) atoms. The van der Waals surface area contributed by atoms with E-state index < -0.39 is 0 Å². The molecule has 0 saturated heterocycles. The molecule has 0 amide bonds. The van der Waals surface area contributed by atoms with Crippen molar-refractivity contribution in [3.8, 4) is 22.9 Å². The van der Waals surface area contributed by atoms with Crippen molar-refractivity contribution in [1.29, 1.82) is 0 Å². The van der Waals surface area contributed by atoms with E-state index in [-0.39, 0.29) is 0 Å². The summed E-state index contributed by atoms with van der Waals surface area (Å²) in [6.07, 6.45) is 11.2. The van der Waals surface area contributed by atoms with Crippen molar-refractivity contribution in [3.63, 3.8) is 0 Å². The van der Waals surface area contributed by atoms with Crippen LogP contribution in [0.3, 0.4) is 0 Å². The standard InChI is InChI=1S/C25H19ClN6/c26-22-23(28-21-7-3-1-4-8-21)29-25(30-24(22)31-15-5-2-6-16-31)32-17-11-20(12-18-32)19-9-13-27-14-10-19/h1-18H,(H,28,29,30)/q+2. The van der Waals surface area contributed by atoms with Gasteiger partial charge in [-0.2, -0.15) is 4.57 Å². The Labute approximate surface area is 190 Å². The van der Waals surface area contributed by atoms with E-state index in [1.165, 1.54) is 0 Å². The molecule has 6 nitrogen and oxygen atoms in total. The largest absolute Gasteiger partial charge is 0.479 e. The van der Waals surface area contributed by atoms with Gasteiger partial charge in [-0.25, -0.2) is 4.57 Å². The zero-order chi connectivity index (χ0) is 21.8. The lowest BCUT2D eigenvalue weighted by molar-refractivity contribution is -0.614. The summed E-state index contributed by atoms with van der Waals surface area (Å²) in [5.41, 5.74) is 3.06. The van der Waals surface area contributed by atoms with Crippen molar-refractivity contribution in [2.45, 2.75) is 0 Å². The Hall–Kier alpha value is -4.16. The first-order chi connectivity index (χ1) is 15.8. The SMILES string of the molecule is Clc1c(Nc2ccccc2)nc(-[n+]2ccc(-c3ccncc3)cc2)nc1-[n+]1ccccc1. The maximum Gasteiger partial charge on any atom is 0.479 e. The van der Waals surface area contributed by atoms with Gasteiger partial charge in [-0.05, 0) is 64.6 Å². The van der Waals surface area contributed by atoms with Crippen LogP contribution in [0.4, 0.5) is 11.5 Å². The van der Waals surface area contributed by atoms with Crippen LogP contribution in [0.2, 0.25) is 5.02 Å². The van der Waals surface area contributed by atoms with E-state index in [1.807, 2.05) is 107 Å². The number of para-hydroxylation sites is 1. The number of anilines is 2. The smallest absolute Gasteiger partial charge is 0.325 e. The number of benzene rings is 1. The number of nitrogens with one attached hydrogen (secondary N) is 1. The van der Waals surface area contributed by atoms with Crippen molar-refractivity contribution in [1.82, 2.24) is 15.0 Å². The lowest BCUT2D eigenvalue weighted by Gasteiger charge is -2.06. The lowest BCUT2D eigenvalue weighted by atomic mass is 10.1. The quantitative estimate of drug-likeness (QED) is 0.411. The van der Waals surface area contributed by atoms with Crippen molar-refractivity contribution < 1.29 is 9.13 Å². The molecule has 0 aliphatic carbocycles. The molecule has 4 heterocycles. The predicted molar refractivity (Wildman–Crippen MR) is 123 cm³/mol. The molecular weight excluding hydrogens is 420 g/mol. The number of hydrogen-bond acceptors (Lipinski definition) is 4. The number of rotatable bonds is 5. The molecule has 0 unspecified atom stereocenters. The highest BCUT2D eigenvalue weighted by Gasteiger charge is 2.27. The number of hydrogen-bond donors (Lipinski definition) is 1. The van der Waals surface area contributed by atoms with E-state index in [2.05, 4.69) is 10.3 Å². The van der Waals surface area contributed by atoms with Gasteiger partial charge in [0.1, 0.15) is 0 Å². The van der Waals surface area contributed by atoms with Gasteiger partial charge in [0, 0.05) is 23.1 Å². The van der Waals surface area contributed by atoms with Crippen LogP contribution in [-0.2, 0) is 0 Å². The summed E-state index contributed by atoms with van der Waals surface area (Å²) >= 11 is 6.73. The number of pyridine rings is 3. The van der Waals surface area contributed by atoms with E-state index in [9.17, 15) is 0 Å². The third kappa shape index (κ3) is 4.17. The zero-order valence-corrected chi connectivity index (χ0v) is 17.8. The highest BCUT2D eigenvalue weighted by atomic mass is 35.5. The normalized spacial score (nSPS) is 10.7. The molecule has 0 spiro atoms. The molecule has 0 fully saturated rings. The van der Waals surface area contributed by atoms with Crippen LogP contribution in [0.5, 0.6) is 0 Å². The summed E-state index contributed by atoms with van der Waals surface area (Å²) in [6.45, 7) is 0. The van der Waals surface area contributed by atoms with Crippen LogP contribution in [-0.4, -0.2) is 15.0 Å². The van der Waals surface area contributed by atoms with Gasteiger partial charge in [-0.1, -0.05) is 35.9 Å². The Morgan fingerprint density at radius 1 is 0.656 bits per heavy atom. The van der Waals surface area contributed by atoms with Crippen molar-refractivity contribution in [2.24, 2.45) is 0 Å². The number of aromatic nitrogens is 5. The minimum Gasteiger partial charge on any atom is -0.325 e. The van der Waals surface area contributed by atoms with E-state index >= 15 is 0 Å². The Balaban J connectivity index is 1.59. The summed E-state index contributed by atoms with van der Waals surface area (Å²) in [7, 11) is 0. The fourth-order valence-electron chi connectivity index (χ4n) is 3.29. The zero-order valence-electron chi connectivity index (χ0n) is 17.0. The Morgan fingerprint density at radius 2 is 1.31 bits per heavy atom. The predicted octanol–water partition coefficient (Wildman–Crippen LogP) is 4.49. The monoisotopic (exact) mass is 438 g/mol. The van der Waals surface area contributed by atoms with Crippen molar-refractivity contribution in [3.05, 3.63) is 115 Å². The average molecular weight is 439 g/mol. The molecule has 0 radical (unpaired) electrons. The molecule has 1 aromatic carbocycles.